The van der Waals surface area contributed by atoms with Crippen LogP contribution in [0, 0.1) is 0 Å². The average Bonchev–Trinajstić information content (AvgIpc) is 2.75. The normalized spacial score (nSPS) is 13.6. The third kappa shape index (κ3) is 6.29. The zero-order valence-corrected chi connectivity index (χ0v) is 15.8. The highest BCUT2D eigenvalue weighted by Gasteiger charge is 2.31. The van der Waals surface area contributed by atoms with E-state index in [2.05, 4.69) is 17.2 Å². The molecule has 2 amide bonds. The smallest absolute Gasteiger partial charge is 0.326 e. The van der Waals surface area contributed by atoms with Crippen LogP contribution >= 0.6 is 0 Å². The predicted molar refractivity (Wildman–Crippen MR) is 108 cm³/mol. The largest absolute Gasteiger partial charge is 0.480 e. The third-order valence-corrected chi connectivity index (χ3v) is 4.34. The van der Waals surface area contributed by atoms with E-state index in [0.29, 0.717) is 17.5 Å². The van der Waals surface area contributed by atoms with E-state index in [-0.39, 0.29) is 6.42 Å². The molecule has 2 aromatic carbocycles. The van der Waals surface area contributed by atoms with Crippen LogP contribution in [0.1, 0.15) is 34.8 Å². The fourth-order valence-electron chi connectivity index (χ4n) is 2.77. The molecule has 0 unspecified atom stereocenters. The Labute approximate surface area is 169 Å². The number of carboxylic acid groups (broad SMARTS) is 1. The van der Waals surface area contributed by atoms with Crippen LogP contribution in [-0.4, -0.2) is 40.1 Å². The summed E-state index contributed by atoms with van der Waals surface area (Å²) in [5, 5.41) is 24.9. The standard InChI is InChI=1S/C22H24N2O5/c1-2-3-14-17(22(28)29)23-21(27)19(25)18(15-10-6-4-7-11-15)24-20(26)16-12-8-5-9-13-16/h2,4-13,17-19,25H,1,3,14H2,(H,23,27)(H,24,26)(H,28,29)/t17-,18-,19+/m0/s1. The van der Waals surface area contributed by atoms with Crippen LogP contribution in [-0.2, 0) is 9.59 Å². The van der Waals surface area contributed by atoms with Gasteiger partial charge in [0.15, 0.2) is 6.10 Å². The van der Waals surface area contributed by atoms with Crippen molar-refractivity contribution < 1.29 is 24.6 Å². The summed E-state index contributed by atoms with van der Waals surface area (Å²) in [5.74, 6) is -2.56. The monoisotopic (exact) mass is 396 g/mol. The molecule has 7 nitrogen and oxygen atoms in total. The Bertz CT molecular complexity index is 839. The van der Waals surface area contributed by atoms with Gasteiger partial charge < -0.3 is 20.8 Å². The van der Waals surface area contributed by atoms with Gasteiger partial charge >= 0.3 is 5.97 Å². The number of carboxylic acids is 1. The van der Waals surface area contributed by atoms with Crippen LogP contribution in [0.3, 0.4) is 0 Å². The molecule has 0 spiro atoms. The van der Waals surface area contributed by atoms with Crippen molar-refractivity contribution in [2.45, 2.75) is 31.0 Å². The number of benzene rings is 2. The number of amides is 2. The van der Waals surface area contributed by atoms with Gasteiger partial charge in [-0.25, -0.2) is 4.79 Å². The van der Waals surface area contributed by atoms with Crippen LogP contribution < -0.4 is 10.6 Å². The number of aliphatic hydroxyl groups excluding tert-OH is 1. The number of aliphatic carboxylic acids is 1. The topological polar surface area (TPSA) is 116 Å². The summed E-state index contributed by atoms with van der Waals surface area (Å²) in [6.07, 6.45) is 0.394. The zero-order chi connectivity index (χ0) is 21.2. The van der Waals surface area contributed by atoms with Gasteiger partial charge in [0.05, 0.1) is 6.04 Å². The number of rotatable bonds is 10. The summed E-state index contributed by atoms with van der Waals surface area (Å²) >= 11 is 0. The number of hydrogen-bond acceptors (Lipinski definition) is 4. The summed E-state index contributed by atoms with van der Waals surface area (Å²) in [7, 11) is 0. The van der Waals surface area contributed by atoms with Crippen molar-refractivity contribution in [2.24, 2.45) is 0 Å². The van der Waals surface area contributed by atoms with E-state index in [0.717, 1.165) is 0 Å². The molecule has 0 radical (unpaired) electrons. The van der Waals surface area contributed by atoms with E-state index in [9.17, 15) is 24.6 Å². The van der Waals surface area contributed by atoms with E-state index in [4.69, 9.17) is 0 Å². The van der Waals surface area contributed by atoms with Crippen LogP contribution in [0.4, 0.5) is 0 Å². The lowest BCUT2D eigenvalue weighted by Gasteiger charge is -2.25. The van der Waals surface area contributed by atoms with Crippen molar-refractivity contribution in [1.82, 2.24) is 10.6 Å². The van der Waals surface area contributed by atoms with Crippen LogP contribution in [0.15, 0.2) is 73.3 Å². The minimum Gasteiger partial charge on any atom is -0.480 e. The first-order valence-corrected chi connectivity index (χ1v) is 9.17. The lowest BCUT2D eigenvalue weighted by molar-refractivity contribution is -0.144. The maximum absolute atomic E-state index is 12.6. The summed E-state index contributed by atoms with van der Waals surface area (Å²) < 4.78 is 0. The van der Waals surface area contributed by atoms with Crippen molar-refractivity contribution in [3.8, 4) is 0 Å². The Hall–Kier alpha value is -3.45. The molecular formula is C22H24N2O5. The zero-order valence-electron chi connectivity index (χ0n) is 15.8. The second-order valence-corrected chi connectivity index (χ2v) is 6.44. The molecule has 0 aliphatic carbocycles. The molecule has 3 atom stereocenters. The van der Waals surface area contributed by atoms with Gasteiger partial charge in [-0.15, -0.1) is 6.58 Å². The minimum atomic E-state index is -1.68. The molecule has 29 heavy (non-hydrogen) atoms. The molecule has 0 saturated heterocycles. The number of hydrogen-bond donors (Lipinski definition) is 4. The fraction of sp³-hybridized carbons (Fsp3) is 0.227. The maximum Gasteiger partial charge on any atom is 0.326 e. The summed E-state index contributed by atoms with van der Waals surface area (Å²) in [5.41, 5.74) is 0.882. The molecule has 4 N–H and O–H groups in total. The van der Waals surface area contributed by atoms with Crippen molar-refractivity contribution in [2.75, 3.05) is 0 Å². The molecule has 0 aliphatic rings. The first-order valence-electron chi connectivity index (χ1n) is 9.17. The molecule has 7 heteroatoms. The van der Waals surface area contributed by atoms with Gasteiger partial charge in [0.25, 0.3) is 11.8 Å². The van der Waals surface area contributed by atoms with E-state index in [1.807, 2.05) is 0 Å². The second kappa shape index (κ2) is 10.8. The first-order chi connectivity index (χ1) is 13.9. The molecular weight excluding hydrogens is 372 g/mol. The van der Waals surface area contributed by atoms with Crippen LogP contribution in [0.2, 0.25) is 0 Å². The highest BCUT2D eigenvalue weighted by molar-refractivity contribution is 5.95. The molecule has 0 bridgehead atoms. The van der Waals surface area contributed by atoms with Crippen LogP contribution in [0.5, 0.6) is 0 Å². The lowest BCUT2D eigenvalue weighted by Crippen LogP contribution is -2.50. The van der Waals surface area contributed by atoms with Gasteiger partial charge in [-0.2, -0.15) is 0 Å². The molecule has 0 saturated carbocycles. The average molecular weight is 396 g/mol. The number of aliphatic hydroxyl groups is 1. The van der Waals surface area contributed by atoms with Gasteiger partial charge in [0, 0.05) is 5.56 Å². The summed E-state index contributed by atoms with van der Waals surface area (Å²) in [6, 6.07) is 14.7. The molecule has 152 valence electrons. The molecule has 2 rings (SSSR count). The minimum absolute atomic E-state index is 0.143. The molecule has 0 fully saturated rings. The van der Waals surface area contributed by atoms with Crippen molar-refractivity contribution >= 4 is 17.8 Å². The lowest BCUT2D eigenvalue weighted by atomic mass is 9.99. The quantitative estimate of drug-likeness (QED) is 0.459. The molecule has 0 aromatic heterocycles. The van der Waals surface area contributed by atoms with Crippen molar-refractivity contribution in [3.63, 3.8) is 0 Å². The Morgan fingerprint density at radius 2 is 1.55 bits per heavy atom. The van der Waals surface area contributed by atoms with Gasteiger partial charge in [0.1, 0.15) is 6.04 Å². The highest BCUT2D eigenvalue weighted by atomic mass is 16.4. The van der Waals surface area contributed by atoms with Crippen LogP contribution in [0.25, 0.3) is 0 Å². The van der Waals surface area contributed by atoms with Gasteiger partial charge in [-0.1, -0.05) is 54.6 Å². The third-order valence-electron chi connectivity index (χ3n) is 4.34. The number of nitrogens with one attached hydrogen (secondary N) is 2. The number of carbonyl (C=O) groups is 3. The summed E-state index contributed by atoms with van der Waals surface area (Å²) in [4.78, 5) is 36.5. The van der Waals surface area contributed by atoms with E-state index in [1.165, 1.54) is 0 Å². The van der Waals surface area contributed by atoms with Crippen molar-refractivity contribution in [3.05, 3.63) is 84.4 Å². The predicted octanol–water partition coefficient (Wildman–Crippen LogP) is 2.05. The SMILES string of the molecule is C=CCC[C@H](NC(=O)[C@H](O)[C@@H](NC(=O)c1ccccc1)c1ccccc1)C(=O)O. The van der Waals surface area contributed by atoms with Gasteiger partial charge in [0.2, 0.25) is 0 Å². The van der Waals surface area contributed by atoms with Gasteiger partial charge in [-0.3, -0.25) is 9.59 Å². The molecule has 0 heterocycles. The Kier molecular flexibility index (Phi) is 8.12. The molecule has 0 aliphatic heterocycles. The second-order valence-electron chi connectivity index (χ2n) is 6.44. The Balaban J connectivity index is 2.21. The highest BCUT2D eigenvalue weighted by Crippen LogP contribution is 2.18. The van der Waals surface area contributed by atoms with E-state index >= 15 is 0 Å². The fourth-order valence-corrected chi connectivity index (χ4v) is 2.77. The Morgan fingerprint density at radius 1 is 0.966 bits per heavy atom. The molecule has 2 aromatic rings. The van der Waals surface area contributed by atoms with Crippen molar-refractivity contribution in [1.29, 1.82) is 0 Å². The van der Waals surface area contributed by atoms with E-state index < -0.39 is 36.0 Å². The Morgan fingerprint density at radius 3 is 2.10 bits per heavy atom. The van der Waals surface area contributed by atoms with E-state index in [1.54, 1.807) is 66.7 Å². The first kappa shape index (κ1) is 21.8. The van der Waals surface area contributed by atoms with Gasteiger partial charge in [-0.05, 0) is 30.5 Å². The summed E-state index contributed by atoms with van der Waals surface area (Å²) in [6.45, 7) is 3.53. The maximum atomic E-state index is 12.6. The number of carbonyl (C=O) groups excluding carboxylic acids is 2. The number of allylic oxidation sites excluding steroid dienone is 1.